The number of likely N-dealkylation sites (N-methyl/N-ethyl adjacent to an activating group) is 1. The van der Waals surface area contributed by atoms with Crippen molar-refractivity contribution in [2.24, 2.45) is 0 Å². The Morgan fingerprint density at radius 3 is 3.04 bits per heavy atom. The molecule has 0 bridgehead atoms. The summed E-state index contributed by atoms with van der Waals surface area (Å²) in [6, 6.07) is 9.17. The van der Waals surface area contributed by atoms with Gasteiger partial charge in [0.1, 0.15) is 11.3 Å². The predicted octanol–water partition coefficient (Wildman–Crippen LogP) is 3.48. The van der Waals surface area contributed by atoms with Gasteiger partial charge in [-0.15, -0.1) is 0 Å². The summed E-state index contributed by atoms with van der Waals surface area (Å²) in [4.78, 5) is 29.3. The summed E-state index contributed by atoms with van der Waals surface area (Å²) in [5, 5.41) is 3.95. The number of halogens is 1. The van der Waals surface area contributed by atoms with E-state index < -0.39 is 0 Å². The van der Waals surface area contributed by atoms with Gasteiger partial charge in [-0.3, -0.25) is 9.59 Å². The number of hydrogen-bond donors (Lipinski definition) is 1. The molecule has 0 saturated heterocycles. The number of amides is 2. The van der Waals surface area contributed by atoms with E-state index in [1.165, 1.54) is 11.0 Å². The molecule has 28 heavy (non-hydrogen) atoms. The average molecular weight is 398 g/mol. The average Bonchev–Trinajstić information content (AvgIpc) is 3.01. The van der Waals surface area contributed by atoms with Crippen LogP contribution < -0.4 is 10.1 Å². The molecule has 0 radical (unpaired) electrons. The number of hydrogen-bond acceptors (Lipinski definition) is 5. The zero-order valence-corrected chi connectivity index (χ0v) is 15.7. The standard InChI is InChI=1S/C20H16ClN3O4/c1-24(10-16-19(21)13-4-2-3-5-14(13)28-16)18(26)7-6-12-8-15-20(22-9-12)23-17(25)11-27-15/h2-9H,10-11H2,1H3,(H,22,23,25). The molecule has 2 amide bonds. The maximum atomic E-state index is 12.4. The first-order chi connectivity index (χ1) is 13.5. The van der Waals surface area contributed by atoms with Crippen LogP contribution >= 0.6 is 11.6 Å². The van der Waals surface area contributed by atoms with E-state index in [2.05, 4.69) is 10.3 Å². The molecule has 3 heterocycles. The fourth-order valence-electron chi connectivity index (χ4n) is 2.82. The smallest absolute Gasteiger partial charge is 0.263 e. The number of aromatic nitrogens is 1. The number of pyridine rings is 1. The molecule has 0 spiro atoms. The Labute approximate surface area is 165 Å². The summed E-state index contributed by atoms with van der Waals surface area (Å²) in [6.45, 7) is 0.191. The molecule has 0 saturated carbocycles. The molecular weight excluding hydrogens is 382 g/mol. The number of ether oxygens (including phenoxy) is 1. The summed E-state index contributed by atoms with van der Waals surface area (Å²) in [5.41, 5.74) is 1.37. The third-order valence-electron chi connectivity index (χ3n) is 4.27. The van der Waals surface area contributed by atoms with E-state index in [0.717, 1.165) is 5.39 Å². The molecule has 3 aromatic rings. The second-order valence-electron chi connectivity index (χ2n) is 6.32. The fourth-order valence-corrected chi connectivity index (χ4v) is 3.08. The predicted molar refractivity (Wildman–Crippen MR) is 105 cm³/mol. The summed E-state index contributed by atoms with van der Waals surface area (Å²) in [5.74, 6) is 0.910. The van der Waals surface area contributed by atoms with Crippen LogP contribution in [0.3, 0.4) is 0 Å². The molecule has 0 aliphatic carbocycles. The SMILES string of the molecule is CN(Cc1oc2ccccc2c1Cl)C(=O)C=Cc1cnc2c(c1)OCC(=O)N2. The molecule has 2 aromatic heterocycles. The first kappa shape index (κ1) is 18.1. The maximum Gasteiger partial charge on any atom is 0.263 e. The summed E-state index contributed by atoms with van der Waals surface area (Å²) in [7, 11) is 1.67. The van der Waals surface area contributed by atoms with Crippen molar-refractivity contribution in [2.45, 2.75) is 6.54 Å². The topological polar surface area (TPSA) is 84.7 Å². The number of carbonyl (C=O) groups is 2. The van der Waals surface area contributed by atoms with E-state index in [1.807, 2.05) is 24.3 Å². The highest BCUT2D eigenvalue weighted by Crippen LogP contribution is 2.31. The minimum atomic E-state index is -0.246. The Morgan fingerprint density at radius 1 is 1.39 bits per heavy atom. The van der Waals surface area contributed by atoms with Crippen LogP contribution in [0.4, 0.5) is 5.82 Å². The molecule has 1 aliphatic heterocycles. The van der Waals surface area contributed by atoms with E-state index in [1.54, 1.807) is 25.4 Å². The number of para-hydroxylation sites is 1. The molecule has 7 nitrogen and oxygen atoms in total. The van der Waals surface area contributed by atoms with Gasteiger partial charge in [-0.1, -0.05) is 23.7 Å². The molecule has 1 aromatic carbocycles. The van der Waals surface area contributed by atoms with Crippen molar-refractivity contribution in [1.82, 2.24) is 9.88 Å². The lowest BCUT2D eigenvalue weighted by atomic mass is 10.2. The third-order valence-corrected chi connectivity index (χ3v) is 4.68. The highest BCUT2D eigenvalue weighted by molar-refractivity contribution is 6.36. The molecule has 142 valence electrons. The Balaban J connectivity index is 1.45. The van der Waals surface area contributed by atoms with Gasteiger partial charge < -0.3 is 19.4 Å². The first-order valence-electron chi connectivity index (χ1n) is 8.53. The quantitative estimate of drug-likeness (QED) is 0.681. The molecule has 4 rings (SSSR count). The van der Waals surface area contributed by atoms with Gasteiger partial charge in [-0.05, 0) is 29.8 Å². The number of furan rings is 1. The number of fused-ring (bicyclic) bond motifs is 2. The van der Waals surface area contributed by atoms with Crippen LogP contribution in [0, 0.1) is 0 Å². The van der Waals surface area contributed by atoms with Crippen molar-refractivity contribution in [3.8, 4) is 5.75 Å². The third kappa shape index (κ3) is 3.57. The van der Waals surface area contributed by atoms with Gasteiger partial charge >= 0.3 is 0 Å². The second kappa shape index (κ2) is 7.36. The second-order valence-corrected chi connectivity index (χ2v) is 6.69. The summed E-state index contributed by atoms with van der Waals surface area (Å²) in [6.07, 6.45) is 4.61. The number of rotatable bonds is 4. The molecule has 0 fully saturated rings. The fraction of sp³-hybridized carbons (Fsp3) is 0.150. The summed E-state index contributed by atoms with van der Waals surface area (Å²) < 4.78 is 11.1. The van der Waals surface area contributed by atoms with Crippen LogP contribution in [0.25, 0.3) is 17.0 Å². The lowest BCUT2D eigenvalue weighted by Gasteiger charge is -2.16. The molecule has 0 unspecified atom stereocenters. The Bertz CT molecular complexity index is 1110. The zero-order valence-electron chi connectivity index (χ0n) is 14.9. The Kier molecular flexibility index (Phi) is 4.75. The number of nitrogens with zero attached hydrogens (tertiary/aromatic N) is 2. The monoisotopic (exact) mass is 397 g/mol. The van der Waals surface area contributed by atoms with Gasteiger partial charge in [0.05, 0.1) is 11.6 Å². The summed E-state index contributed by atoms with van der Waals surface area (Å²) >= 11 is 6.35. The number of anilines is 1. The van der Waals surface area contributed by atoms with Crippen LogP contribution in [0.1, 0.15) is 11.3 Å². The highest BCUT2D eigenvalue weighted by Gasteiger charge is 2.18. The lowest BCUT2D eigenvalue weighted by molar-refractivity contribution is -0.125. The van der Waals surface area contributed by atoms with Crippen molar-refractivity contribution in [2.75, 3.05) is 19.0 Å². The molecule has 1 aliphatic rings. The van der Waals surface area contributed by atoms with Gasteiger partial charge in [0, 0.05) is 24.7 Å². The van der Waals surface area contributed by atoms with E-state index in [-0.39, 0.29) is 25.0 Å². The van der Waals surface area contributed by atoms with Crippen LogP contribution in [0.15, 0.2) is 47.0 Å². The van der Waals surface area contributed by atoms with Crippen molar-refractivity contribution in [1.29, 1.82) is 0 Å². The molecule has 0 atom stereocenters. The van der Waals surface area contributed by atoms with Crippen molar-refractivity contribution in [3.63, 3.8) is 0 Å². The van der Waals surface area contributed by atoms with Crippen LogP contribution in [-0.2, 0) is 16.1 Å². The van der Waals surface area contributed by atoms with Crippen molar-refractivity contribution in [3.05, 3.63) is 59.0 Å². The van der Waals surface area contributed by atoms with Gasteiger partial charge in [-0.2, -0.15) is 0 Å². The van der Waals surface area contributed by atoms with E-state index in [9.17, 15) is 9.59 Å². The van der Waals surface area contributed by atoms with Gasteiger partial charge in [0.25, 0.3) is 5.91 Å². The largest absolute Gasteiger partial charge is 0.480 e. The van der Waals surface area contributed by atoms with Gasteiger partial charge in [0.2, 0.25) is 5.91 Å². The van der Waals surface area contributed by atoms with Crippen molar-refractivity contribution >= 4 is 46.3 Å². The van der Waals surface area contributed by atoms with Crippen molar-refractivity contribution < 1.29 is 18.7 Å². The Morgan fingerprint density at radius 2 is 2.21 bits per heavy atom. The van der Waals surface area contributed by atoms with Gasteiger partial charge in [0.15, 0.2) is 18.2 Å². The molecule has 1 N–H and O–H groups in total. The van der Waals surface area contributed by atoms with E-state index >= 15 is 0 Å². The number of carbonyl (C=O) groups excluding carboxylic acids is 2. The van der Waals surface area contributed by atoms with Crippen LogP contribution in [0.2, 0.25) is 5.02 Å². The number of benzene rings is 1. The van der Waals surface area contributed by atoms with Crippen LogP contribution in [0.5, 0.6) is 5.75 Å². The molecule has 8 heteroatoms. The minimum absolute atomic E-state index is 0.0538. The van der Waals surface area contributed by atoms with Gasteiger partial charge in [-0.25, -0.2) is 4.98 Å². The van der Waals surface area contributed by atoms with Crippen LogP contribution in [-0.4, -0.2) is 35.4 Å². The highest BCUT2D eigenvalue weighted by atomic mass is 35.5. The Hall–Kier alpha value is -3.32. The minimum Gasteiger partial charge on any atom is -0.480 e. The maximum absolute atomic E-state index is 12.4. The van der Waals surface area contributed by atoms with E-state index in [4.69, 9.17) is 20.8 Å². The zero-order chi connectivity index (χ0) is 19.7. The lowest BCUT2D eigenvalue weighted by Crippen LogP contribution is -2.26. The number of nitrogens with one attached hydrogen (secondary N) is 1. The van der Waals surface area contributed by atoms with E-state index in [0.29, 0.717) is 33.5 Å². The first-order valence-corrected chi connectivity index (χ1v) is 8.91. The molecular formula is C20H16ClN3O4. The normalized spacial score (nSPS) is 13.3.